The van der Waals surface area contributed by atoms with Gasteiger partial charge in [0.1, 0.15) is 12.5 Å². The van der Waals surface area contributed by atoms with Gasteiger partial charge in [-0.2, -0.15) is 0 Å². The fourth-order valence-electron chi connectivity index (χ4n) is 3.59. The Bertz CT molecular complexity index is 650. The van der Waals surface area contributed by atoms with Crippen molar-refractivity contribution < 1.29 is 18.4 Å². The maximum Gasteiger partial charge on any atom is 0.273 e. The monoisotopic (exact) mass is 316 g/mol. The second-order valence-electron chi connectivity index (χ2n) is 6.12. The van der Waals surface area contributed by atoms with Gasteiger partial charge in [-0.3, -0.25) is 9.59 Å². The number of aromatic nitrogens is 2. The van der Waals surface area contributed by atoms with E-state index in [0.29, 0.717) is 6.42 Å². The van der Waals surface area contributed by atoms with Crippen LogP contribution in [0.4, 0.5) is 0 Å². The van der Waals surface area contributed by atoms with Crippen LogP contribution in [0.5, 0.6) is 0 Å². The topological polar surface area (TPSA) is 110 Å². The average molecular weight is 316 g/mol. The molecule has 2 unspecified atom stereocenters. The smallest absolute Gasteiger partial charge is 0.273 e. The summed E-state index contributed by atoms with van der Waals surface area (Å²) in [7, 11) is 0. The first-order chi connectivity index (χ1) is 11.2. The molecule has 2 aliphatic carbocycles. The summed E-state index contributed by atoms with van der Waals surface area (Å²) < 4.78 is 9.66. The van der Waals surface area contributed by atoms with E-state index in [-0.39, 0.29) is 40.7 Å². The summed E-state index contributed by atoms with van der Waals surface area (Å²) in [5.41, 5.74) is 0.489. The fourth-order valence-corrected chi connectivity index (χ4v) is 3.59. The molecule has 2 amide bonds. The molecule has 4 rings (SSSR count). The van der Waals surface area contributed by atoms with Crippen LogP contribution in [-0.4, -0.2) is 33.9 Å². The second kappa shape index (κ2) is 5.22. The van der Waals surface area contributed by atoms with Crippen molar-refractivity contribution in [3.05, 3.63) is 36.7 Å². The third-order valence-corrected chi connectivity index (χ3v) is 5.08. The van der Waals surface area contributed by atoms with Crippen molar-refractivity contribution in [1.82, 2.24) is 20.6 Å². The van der Waals surface area contributed by atoms with Crippen molar-refractivity contribution in [2.24, 2.45) is 5.41 Å². The Kier molecular flexibility index (Phi) is 3.17. The van der Waals surface area contributed by atoms with Crippen molar-refractivity contribution in [1.29, 1.82) is 0 Å². The summed E-state index contributed by atoms with van der Waals surface area (Å²) in [6.45, 7) is 0. The number of rotatable bonds is 4. The Balaban J connectivity index is 1.40. The molecule has 120 valence electrons. The zero-order valence-electron chi connectivity index (χ0n) is 12.3. The fraction of sp³-hybridized carbons (Fsp3) is 0.467. The third-order valence-electron chi connectivity index (χ3n) is 5.08. The normalized spacial score (nSPS) is 24.5. The number of carbonyl (C=O) groups excluding carboxylic acids is 2. The molecule has 2 atom stereocenters. The molecular formula is C15H16N4O4. The van der Waals surface area contributed by atoms with E-state index in [4.69, 9.17) is 8.83 Å². The number of hydrogen-bond donors (Lipinski definition) is 2. The van der Waals surface area contributed by atoms with E-state index >= 15 is 0 Å². The quantitative estimate of drug-likeness (QED) is 0.875. The number of hydrogen-bond acceptors (Lipinski definition) is 6. The van der Waals surface area contributed by atoms with E-state index < -0.39 is 0 Å². The minimum atomic E-state index is -0.240. The minimum absolute atomic E-state index is 0.0445. The number of oxazole rings is 2. The lowest BCUT2D eigenvalue weighted by Crippen LogP contribution is -2.71. The highest BCUT2D eigenvalue weighted by atomic mass is 16.3. The molecule has 2 aromatic rings. The summed E-state index contributed by atoms with van der Waals surface area (Å²) in [4.78, 5) is 31.9. The van der Waals surface area contributed by atoms with Crippen LogP contribution in [0.2, 0.25) is 0 Å². The van der Waals surface area contributed by atoms with Crippen LogP contribution in [0.25, 0.3) is 0 Å². The van der Waals surface area contributed by atoms with E-state index in [0.717, 1.165) is 19.3 Å². The first kappa shape index (κ1) is 14.0. The van der Waals surface area contributed by atoms with Crippen LogP contribution in [0.3, 0.4) is 0 Å². The molecule has 1 spiro atoms. The Labute approximate surface area is 131 Å². The van der Waals surface area contributed by atoms with Crippen LogP contribution in [0.15, 0.2) is 34.1 Å². The van der Waals surface area contributed by atoms with Gasteiger partial charge in [-0.25, -0.2) is 9.97 Å². The number of carbonyl (C=O) groups is 2. The lowest BCUT2D eigenvalue weighted by molar-refractivity contribution is -0.0520. The van der Waals surface area contributed by atoms with Gasteiger partial charge in [-0.05, 0) is 19.3 Å². The van der Waals surface area contributed by atoms with E-state index in [2.05, 4.69) is 20.6 Å². The van der Waals surface area contributed by atoms with E-state index in [9.17, 15) is 9.59 Å². The molecule has 0 radical (unpaired) electrons. The Morgan fingerprint density at radius 2 is 1.52 bits per heavy atom. The highest BCUT2D eigenvalue weighted by Crippen LogP contribution is 2.56. The molecule has 8 heteroatoms. The summed E-state index contributed by atoms with van der Waals surface area (Å²) in [5.74, 6) is -0.479. The molecule has 2 N–H and O–H groups in total. The molecule has 8 nitrogen and oxygen atoms in total. The predicted molar refractivity (Wildman–Crippen MR) is 76.4 cm³/mol. The number of nitrogens with one attached hydrogen (secondary N) is 2. The zero-order chi connectivity index (χ0) is 15.9. The van der Waals surface area contributed by atoms with Crippen molar-refractivity contribution in [3.8, 4) is 0 Å². The summed E-state index contributed by atoms with van der Waals surface area (Å²) in [6, 6.07) is 0.0890. The molecule has 2 heterocycles. The maximum absolute atomic E-state index is 12.1. The Morgan fingerprint density at radius 3 is 1.87 bits per heavy atom. The second-order valence-corrected chi connectivity index (χ2v) is 6.12. The zero-order valence-corrected chi connectivity index (χ0v) is 12.3. The van der Waals surface area contributed by atoms with E-state index in [1.165, 1.54) is 25.3 Å². The molecule has 23 heavy (non-hydrogen) atoms. The minimum Gasteiger partial charge on any atom is -0.451 e. The third kappa shape index (κ3) is 2.21. The van der Waals surface area contributed by atoms with Crippen LogP contribution in [-0.2, 0) is 0 Å². The molecule has 2 fully saturated rings. The van der Waals surface area contributed by atoms with E-state index in [1.54, 1.807) is 0 Å². The van der Waals surface area contributed by atoms with Gasteiger partial charge in [0.05, 0.1) is 0 Å². The molecule has 0 bridgehead atoms. The van der Waals surface area contributed by atoms with Crippen molar-refractivity contribution in [2.75, 3.05) is 0 Å². The molecule has 2 saturated carbocycles. The van der Waals surface area contributed by atoms with E-state index in [1.807, 2.05) is 0 Å². The van der Waals surface area contributed by atoms with Gasteiger partial charge >= 0.3 is 0 Å². The summed E-state index contributed by atoms with van der Waals surface area (Å²) in [6.07, 6.45) is 8.89. The van der Waals surface area contributed by atoms with Gasteiger partial charge in [0.15, 0.2) is 24.2 Å². The van der Waals surface area contributed by atoms with Gasteiger partial charge in [-0.1, -0.05) is 6.42 Å². The Hall–Kier alpha value is -2.64. The standard InChI is InChI=1S/C15H16N4O4/c20-13(9-5-22-7-16-9)18-11-4-12(15(11)2-1-3-15)19-14(21)10-6-23-8-17-10/h5-8,11-12H,1-4H2,(H,18,20)(H,19,21). The maximum atomic E-state index is 12.1. The number of nitrogens with zero attached hydrogens (tertiary/aromatic N) is 2. The highest BCUT2D eigenvalue weighted by molar-refractivity contribution is 5.93. The van der Waals surface area contributed by atoms with Crippen molar-refractivity contribution in [2.45, 2.75) is 37.8 Å². The molecular weight excluding hydrogens is 300 g/mol. The highest BCUT2D eigenvalue weighted by Gasteiger charge is 2.59. The molecule has 2 aromatic heterocycles. The van der Waals surface area contributed by atoms with Crippen LogP contribution in [0, 0.1) is 5.41 Å². The molecule has 0 saturated heterocycles. The van der Waals surface area contributed by atoms with Gasteiger partial charge in [-0.15, -0.1) is 0 Å². The Morgan fingerprint density at radius 1 is 1.00 bits per heavy atom. The van der Waals surface area contributed by atoms with Crippen LogP contribution >= 0.6 is 0 Å². The largest absolute Gasteiger partial charge is 0.451 e. The van der Waals surface area contributed by atoms with Gasteiger partial charge in [0.25, 0.3) is 11.8 Å². The lowest BCUT2D eigenvalue weighted by atomic mass is 9.49. The summed E-state index contributed by atoms with van der Waals surface area (Å²) >= 11 is 0. The molecule has 0 aliphatic heterocycles. The van der Waals surface area contributed by atoms with Gasteiger partial charge in [0, 0.05) is 17.5 Å². The first-order valence-electron chi connectivity index (χ1n) is 7.57. The lowest BCUT2D eigenvalue weighted by Gasteiger charge is -2.61. The van der Waals surface area contributed by atoms with Gasteiger partial charge < -0.3 is 19.5 Å². The first-order valence-corrected chi connectivity index (χ1v) is 7.57. The average Bonchev–Trinajstić information content (AvgIpc) is 3.16. The van der Waals surface area contributed by atoms with Crippen molar-refractivity contribution >= 4 is 11.8 Å². The molecule has 2 aliphatic rings. The van der Waals surface area contributed by atoms with Crippen molar-refractivity contribution in [3.63, 3.8) is 0 Å². The van der Waals surface area contributed by atoms with Crippen LogP contribution < -0.4 is 10.6 Å². The summed E-state index contributed by atoms with van der Waals surface area (Å²) in [5, 5.41) is 6.01. The number of amides is 2. The molecule has 0 aromatic carbocycles. The van der Waals surface area contributed by atoms with Crippen LogP contribution in [0.1, 0.15) is 46.7 Å². The SMILES string of the molecule is O=C(NC1CC(NC(=O)c2cocn2)C12CCC2)c1cocn1. The predicted octanol–water partition coefficient (Wildman–Crippen LogP) is 1.13. The van der Waals surface area contributed by atoms with Gasteiger partial charge in [0.2, 0.25) is 0 Å².